The number of nitrogens with two attached hydrogens (primary N) is 1. The summed E-state index contributed by atoms with van der Waals surface area (Å²) < 4.78 is 42.9. The second-order valence-electron chi connectivity index (χ2n) is 4.52. The minimum atomic E-state index is -4.68. The van der Waals surface area contributed by atoms with Crippen molar-refractivity contribution in [1.82, 2.24) is 0 Å². The van der Waals surface area contributed by atoms with Gasteiger partial charge in [-0.3, -0.25) is 15.5 Å². The Bertz CT molecular complexity index is 573. The van der Waals surface area contributed by atoms with E-state index in [4.69, 9.17) is 15.9 Å². The van der Waals surface area contributed by atoms with E-state index in [0.29, 0.717) is 5.56 Å². The molecule has 1 atom stereocenters. The Morgan fingerprint density at radius 3 is 2.43 bits per heavy atom. The third-order valence-corrected chi connectivity index (χ3v) is 2.87. The fourth-order valence-corrected chi connectivity index (χ4v) is 1.66. The first-order valence-electron chi connectivity index (χ1n) is 5.83. The molecule has 1 aromatic rings. The van der Waals surface area contributed by atoms with Crippen LogP contribution in [0.25, 0.3) is 0 Å². The van der Waals surface area contributed by atoms with Gasteiger partial charge in [0.2, 0.25) is 0 Å². The minimum Gasteiger partial charge on any atom is -0.492 e. The lowest BCUT2D eigenvalue weighted by Crippen LogP contribution is -2.39. The molecule has 0 aromatic heterocycles. The molecule has 1 unspecified atom stereocenters. The second kappa shape index (κ2) is 5.98. The molecule has 3 N–H and O–H groups in total. The largest absolute Gasteiger partial charge is 0.492 e. The first-order valence-corrected chi connectivity index (χ1v) is 5.83. The maximum atomic E-state index is 12.6. The van der Waals surface area contributed by atoms with Crippen LogP contribution in [0.5, 0.6) is 5.75 Å². The van der Waals surface area contributed by atoms with E-state index in [2.05, 4.69) is 0 Å². The van der Waals surface area contributed by atoms with Crippen LogP contribution in [0.3, 0.4) is 0 Å². The molecule has 0 fully saturated rings. The van der Waals surface area contributed by atoms with Gasteiger partial charge in [-0.1, -0.05) is 0 Å². The van der Waals surface area contributed by atoms with Gasteiger partial charge in [0.05, 0.1) is 4.92 Å². The molecule has 0 amide bonds. The van der Waals surface area contributed by atoms with Gasteiger partial charge >= 0.3 is 6.18 Å². The summed E-state index contributed by atoms with van der Waals surface area (Å²) in [5.41, 5.74) is 5.37. The molecule has 0 spiro atoms. The number of rotatable bonds is 5. The zero-order chi connectivity index (χ0) is 16.4. The topological polar surface area (TPSA) is 102 Å². The first-order chi connectivity index (χ1) is 9.54. The van der Waals surface area contributed by atoms with Crippen LogP contribution in [0, 0.1) is 35.3 Å². The van der Waals surface area contributed by atoms with Gasteiger partial charge in [0.25, 0.3) is 5.69 Å². The van der Waals surface area contributed by atoms with Gasteiger partial charge in [0, 0.05) is 11.6 Å². The molecule has 0 saturated heterocycles. The molecule has 0 radical (unpaired) electrons. The van der Waals surface area contributed by atoms with Crippen molar-refractivity contribution >= 4 is 11.5 Å². The smallest absolute Gasteiger partial charge is 0.401 e. The number of aryl methyl sites for hydroxylation is 2. The van der Waals surface area contributed by atoms with Crippen LogP contribution in [0.15, 0.2) is 12.1 Å². The van der Waals surface area contributed by atoms with Crippen LogP contribution in [0.2, 0.25) is 0 Å². The summed E-state index contributed by atoms with van der Waals surface area (Å²) in [6, 6.07) is 2.52. The molecule has 0 heterocycles. The van der Waals surface area contributed by atoms with Crippen LogP contribution < -0.4 is 10.5 Å². The van der Waals surface area contributed by atoms with Crippen molar-refractivity contribution in [1.29, 1.82) is 5.41 Å². The van der Waals surface area contributed by atoms with Crippen molar-refractivity contribution in [3.05, 3.63) is 33.4 Å². The molecule has 1 rings (SSSR count). The molecule has 0 aliphatic carbocycles. The summed E-state index contributed by atoms with van der Waals surface area (Å²) in [4.78, 5) is 10.2. The number of amidine groups is 1. The average Bonchev–Trinajstić information content (AvgIpc) is 2.30. The number of ether oxygens (including phenoxy) is 1. The van der Waals surface area contributed by atoms with Crippen LogP contribution >= 0.6 is 0 Å². The lowest BCUT2D eigenvalue weighted by Gasteiger charge is -2.20. The standard InChI is InChI=1S/C12H14F3N3O3/c1-6-4-10(7(2)3-9(6)18(19)20)21-5-8(11(16)17)12(13,14)15/h3-4,8H,5H2,1-2H3,(H3,16,17). The molecule has 9 heteroatoms. The van der Waals surface area contributed by atoms with E-state index >= 15 is 0 Å². The molecule has 1 aromatic carbocycles. The number of halogens is 3. The maximum Gasteiger partial charge on any atom is 0.401 e. The predicted octanol–water partition coefficient (Wildman–Crippen LogP) is 2.70. The predicted molar refractivity (Wildman–Crippen MR) is 69.5 cm³/mol. The molecule has 0 saturated carbocycles. The van der Waals surface area contributed by atoms with E-state index in [0.717, 1.165) is 0 Å². The van der Waals surface area contributed by atoms with Crippen molar-refractivity contribution < 1.29 is 22.8 Å². The summed E-state index contributed by atoms with van der Waals surface area (Å²) >= 11 is 0. The third kappa shape index (κ3) is 4.07. The van der Waals surface area contributed by atoms with Crippen molar-refractivity contribution in [2.24, 2.45) is 11.7 Å². The summed E-state index contributed by atoms with van der Waals surface area (Å²) in [5.74, 6) is -3.17. The highest BCUT2D eigenvalue weighted by atomic mass is 19.4. The number of alkyl halides is 3. The van der Waals surface area contributed by atoms with E-state index in [1.54, 1.807) is 0 Å². The third-order valence-electron chi connectivity index (χ3n) is 2.87. The Hall–Kier alpha value is -2.32. The number of benzene rings is 1. The van der Waals surface area contributed by atoms with E-state index in [9.17, 15) is 23.3 Å². The first kappa shape index (κ1) is 16.7. The molecule has 0 bridgehead atoms. The highest BCUT2D eigenvalue weighted by molar-refractivity contribution is 5.80. The van der Waals surface area contributed by atoms with Gasteiger partial charge in [-0.2, -0.15) is 13.2 Å². The fraction of sp³-hybridized carbons (Fsp3) is 0.417. The summed E-state index contributed by atoms with van der Waals surface area (Å²) in [7, 11) is 0. The molecule has 21 heavy (non-hydrogen) atoms. The lowest BCUT2D eigenvalue weighted by atomic mass is 10.1. The Labute approximate surface area is 118 Å². The molecular weight excluding hydrogens is 291 g/mol. The van der Waals surface area contributed by atoms with Crippen molar-refractivity contribution in [3.63, 3.8) is 0 Å². The van der Waals surface area contributed by atoms with Gasteiger partial charge in [-0.15, -0.1) is 0 Å². The van der Waals surface area contributed by atoms with E-state index < -0.39 is 29.5 Å². The number of nitrogens with zero attached hydrogens (tertiary/aromatic N) is 1. The Kier molecular flexibility index (Phi) is 4.77. The van der Waals surface area contributed by atoms with E-state index in [1.165, 1.54) is 26.0 Å². The summed E-state index contributed by atoms with van der Waals surface area (Å²) in [6.45, 7) is 2.09. The molecule has 116 valence electrons. The van der Waals surface area contributed by atoms with Crippen LogP contribution in [-0.4, -0.2) is 23.5 Å². The minimum absolute atomic E-state index is 0.0913. The van der Waals surface area contributed by atoms with Gasteiger partial charge in [0.1, 0.15) is 24.1 Å². The van der Waals surface area contributed by atoms with Crippen LogP contribution in [-0.2, 0) is 0 Å². The van der Waals surface area contributed by atoms with Crippen LogP contribution in [0.1, 0.15) is 11.1 Å². The SMILES string of the molecule is Cc1cc([N+](=O)[O-])c(C)cc1OCC(C(=N)N)C(F)(F)F. The maximum absolute atomic E-state index is 12.6. The van der Waals surface area contributed by atoms with Crippen molar-refractivity contribution in [3.8, 4) is 5.75 Å². The van der Waals surface area contributed by atoms with Gasteiger partial charge in [-0.25, -0.2) is 0 Å². The molecule has 6 nitrogen and oxygen atoms in total. The number of nitro benzene ring substituents is 1. The number of hydrogen-bond donors (Lipinski definition) is 2. The highest BCUT2D eigenvalue weighted by Gasteiger charge is 2.42. The Morgan fingerprint density at radius 2 is 2.00 bits per heavy atom. The van der Waals surface area contributed by atoms with E-state index in [1.807, 2.05) is 0 Å². The van der Waals surface area contributed by atoms with Crippen LogP contribution in [0.4, 0.5) is 18.9 Å². The Morgan fingerprint density at radius 1 is 1.43 bits per heavy atom. The fourth-order valence-electron chi connectivity index (χ4n) is 1.66. The monoisotopic (exact) mass is 305 g/mol. The zero-order valence-corrected chi connectivity index (χ0v) is 11.3. The second-order valence-corrected chi connectivity index (χ2v) is 4.52. The van der Waals surface area contributed by atoms with Crippen molar-refractivity contribution in [2.45, 2.75) is 20.0 Å². The van der Waals surface area contributed by atoms with Crippen molar-refractivity contribution in [2.75, 3.05) is 6.61 Å². The lowest BCUT2D eigenvalue weighted by molar-refractivity contribution is -0.385. The quantitative estimate of drug-likeness (QED) is 0.378. The number of nitro groups is 1. The number of nitrogens with one attached hydrogen (secondary N) is 1. The summed E-state index contributed by atoms with van der Waals surface area (Å²) in [6.07, 6.45) is -4.68. The highest BCUT2D eigenvalue weighted by Crippen LogP contribution is 2.30. The number of hydrogen-bond acceptors (Lipinski definition) is 4. The molecular formula is C12H14F3N3O3. The van der Waals surface area contributed by atoms with Gasteiger partial charge < -0.3 is 10.5 Å². The van der Waals surface area contributed by atoms with E-state index in [-0.39, 0.29) is 17.0 Å². The Balaban J connectivity index is 2.96. The van der Waals surface area contributed by atoms with Gasteiger partial charge in [-0.05, 0) is 25.5 Å². The molecule has 0 aliphatic heterocycles. The molecule has 0 aliphatic rings. The average molecular weight is 305 g/mol. The summed E-state index contributed by atoms with van der Waals surface area (Å²) in [5, 5.41) is 17.7. The zero-order valence-electron chi connectivity index (χ0n) is 11.3. The van der Waals surface area contributed by atoms with Gasteiger partial charge in [0.15, 0.2) is 0 Å². The normalized spacial score (nSPS) is 12.8.